The van der Waals surface area contributed by atoms with Gasteiger partial charge in [0, 0.05) is 13.1 Å². The molecule has 4 amide bonds. The summed E-state index contributed by atoms with van der Waals surface area (Å²) in [6.45, 7) is 5.08. The molecule has 2 saturated heterocycles. The maximum Gasteiger partial charge on any atom is 0.294 e. The zero-order valence-corrected chi connectivity index (χ0v) is 19.0. The van der Waals surface area contributed by atoms with E-state index in [4.69, 9.17) is 15.2 Å². The minimum absolute atomic E-state index is 0.213. The third kappa shape index (κ3) is 5.82. The number of carbonyl (C=O) groups excluding carboxylic acids is 4. The number of thioether (sulfide) groups is 1. The molecule has 0 aliphatic carbocycles. The van der Waals surface area contributed by atoms with E-state index < -0.39 is 17.1 Å². The number of piperidine rings is 1. The van der Waals surface area contributed by atoms with Crippen LogP contribution in [-0.2, 0) is 14.4 Å². The smallest absolute Gasteiger partial charge is 0.294 e. The van der Waals surface area contributed by atoms with Crippen molar-refractivity contribution in [1.29, 1.82) is 0 Å². The highest BCUT2D eigenvalue weighted by Gasteiger charge is 2.37. The van der Waals surface area contributed by atoms with E-state index in [2.05, 4.69) is 6.92 Å². The molecule has 0 radical (unpaired) electrons. The zero-order valence-electron chi connectivity index (χ0n) is 18.2. The van der Waals surface area contributed by atoms with E-state index in [1.165, 1.54) is 0 Å². The van der Waals surface area contributed by atoms with E-state index in [0.717, 1.165) is 29.5 Å². The number of amides is 4. The summed E-state index contributed by atoms with van der Waals surface area (Å²) in [7, 11) is 0. The summed E-state index contributed by atoms with van der Waals surface area (Å²) in [5.41, 5.74) is 5.73. The lowest BCUT2D eigenvalue weighted by molar-refractivity contribution is -0.136. The molecule has 1 aromatic rings. The van der Waals surface area contributed by atoms with Crippen LogP contribution in [0.5, 0.6) is 11.5 Å². The van der Waals surface area contributed by atoms with Crippen LogP contribution in [0.1, 0.15) is 32.3 Å². The molecule has 2 aliphatic rings. The molecule has 0 unspecified atom stereocenters. The molecule has 172 valence electrons. The summed E-state index contributed by atoms with van der Waals surface area (Å²) >= 11 is 0.798. The van der Waals surface area contributed by atoms with Crippen molar-refractivity contribution in [3.05, 3.63) is 28.7 Å². The van der Waals surface area contributed by atoms with Crippen LogP contribution in [0.3, 0.4) is 0 Å². The Kier molecular flexibility index (Phi) is 7.79. The van der Waals surface area contributed by atoms with Crippen LogP contribution in [0.25, 0.3) is 6.08 Å². The van der Waals surface area contributed by atoms with Gasteiger partial charge in [0.05, 0.1) is 11.5 Å². The van der Waals surface area contributed by atoms with Gasteiger partial charge in [-0.05, 0) is 61.2 Å². The lowest BCUT2D eigenvalue weighted by Crippen LogP contribution is -2.45. The van der Waals surface area contributed by atoms with Crippen molar-refractivity contribution in [2.45, 2.75) is 26.7 Å². The molecule has 0 saturated carbocycles. The van der Waals surface area contributed by atoms with Gasteiger partial charge in [0.25, 0.3) is 17.1 Å². The summed E-state index contributed by atoms with van der Waals surface area (Å²) in [5, 5.41) is -0.466. The minimum atomic E-state index is -0.612. The SMILES string of the molecule is CCOc1cc(C=C2SC(=O)N(CC(=O)N3CCC(C)CC3)C2=O)ccc1OCC(N)=O. The maximum atomic E-state index is 12.8. The molecular formula is C22H27N3O6S. The van der Waals surface area contributed by atoms with E-state index >= 15 is 0 Å². The van der Waals surface area contributed by atoms with E-state index in [9.17, 15) is 19.2 Å². The fourth-order valence-electron chi connectivity index (χ4n) is 3.43. The normalized spacial score (nSPS) is 18.4. The van der Waals surface area contributed by atoms with Crippen molar-refractivity contribution in [2.24, 2.45) is 11.7 Å². The Morgan fingerprint density at radius 3 is 2.56 bits per heavy atom. The van der Waals surface area contributed by atoms with Gasteiger partial charge in [-0.1, -0.05) is 13.0 Å². The number of rotatable bonds is 8. The van der Waals surface area contributed by atoms with Gasteiger partial charge in [0.2, 0.25) is 5.91 Å². The quantitative estimate of drug-likeness (QED) is 0.590. The summed E-state index contributed by atoms with van der Waals surface area (Å²) in [4.78, 5) is 51.6. The number of primary amides is 1. The molecule has 2 heterocycles. The second-order valence-electron chi connectivity index (χ2n) is 7.73. The number of carbonyl (C=O) groups is 4. The fourth-order valence-corrected chi connectivity index (χ4v) is 4.27. The van der Waals surface area contributed by atoms with Crippen molar-refractivity contribution in [1.82, 2.24) is 9.80 Å². The topological polar surface area (TPSA) is 119 Å². The molecule has 32 heavy (non-hydrogen) atoms. The summed E-state index contributed by atoms with van der Waals surface area (Å²) in [5.74, 6) is -0.0125. The van der Waals surface area contributed by atoms with Gasteiger partial charge in [-0.2, -0.15) is 0 Å². The lowest BCUT2D eigenvalue weighted by atomic mass is 9.99. The first-order valence-electron chi connectivity index (χ1n) is 10.5. The monoisotopic (exact) mass is 461 g/mol. The molecule has 2 aliphatic heterocycles. The van der Waals surface area contributed by atoms with E-state index in [0.29, 0.717) is 42.7 Å². The Morgan fingerprint density at radius 1 is 1.19 bits per heavy atom. The number of nitrogens with zero attached hydrogens (tertiary/aromatic N) is 2. The van der Waals surface area contributed by atoms with Crippen LogP contribution < -0.4 is 15.2 Å². The van der Waals surface area contributed by atoms with Gasteiger partial charge in [0.15, 0.2) is 18.1 Å². The van der Waals surface area contributed by atoms with Crippen LogP contribution in [0.4, 0.5) is 4.79 Å². The second-order valence-corrected chi connectivity index (χ2v) is 8.72. The number of nitrogens with two attached hydrogens (primary N) is 1. The average Bonchev–Trinajstić information content (AvgIpc) is 3.01. The van der Waals surface area contributed by atoms with Crippen molar-refractivity contribution in [3.63, 3.8) is 0 Å². The second kappa shape index (κ2) is 10.5. The number of imide groups is 1. The Hall–Kier alpha value is -3.01. The molecule has 0 atom stereocenters. The first-order valence-corrected chi connectivity index (χ1v) is 11.3. The predicted molar refractivity (Wildman–Crippen MR) is 120 cm³/mol. The molecule has 1 aromatic carbocycles. The number of benzene rings is 1. The van der Waals surface area contributed by atoms with Crippen LogP contribution in [0, 0.1) is 5.92 Å². The van der Waals surface area contributed by atoms with E-state index in [1.807, 2.05) is 0 Å². The number of hydrogen-bond donors (Lipinski definition) is 1. The van der Waals surface area contributed by atoms with Crippen molar-refractivity contribution < 1.29 is 28.7 Å². The maximum absolute atomic E-state index is 12.8. The third-order valence-electron chi connectivity index (χ3n) is 5.24. The summed E-state index contributed by atoms with van der Waals surface area (Å²) in [6.07, 6.45) is 3.42. The fraction of sp³-hybridized carbons (Fsp3) is 0.455. The van der Waals surface area contributed by atoms with Gasteiger partial charge in [-0.25, -0.2) is 0 Å². The van der Waals surface area contributed by atoms with Gasteiger partial charge in [0.1, 0.15) is 6.54 Å². The van der Waals surface area contributed by atoms with Crippen molar-refractivity contribution in [2.75, 3.05) is 32.8 Å². The molecular weight excluding hydrogens is 434 g/mol. The highest BCUT2D eigenvalue weighted by Crippen LogP contribution is 2.34. The van der Waals surface area contributed by atoms with Crippen LogP contribution >= 0.6 is 11.8 Å². The number of hydrogen-bond acceptors (Lipinski definition) is 7. The predicted octanol–water partition coefficient (Wildman–Crippen LogP) is 2.24. The molecule has 9 nitrogen and oxygen atoms in total. The zero-order chi connectivity index (χ0) is 23.3. The largest absolute Gasteiger partial charge is 0.490 e. The van der Waals surface area contributed by atoms with Gasteiger partial charge < -0.3 is 20.1 Å². The van der Waals surface area contributed by atoms with Crippen LogP contribution in [0.15, 0.2) is 23.1 Å². The van der Waals surface area contributed by atoms with Crippen LogP contribution in [-0.4, -0.2) is 65.6 Å². The Bertz CT molecular complexity index is 940. The first kappa shape index (κ1) is 23.6. The molecule has 2 N–H and O–H groups in total. The Labute approximate surface area is 190 Å². The molecule has 0 aromatic heterocycles. The Balaban J connectivity index is 1.71. The molecule has 0 bridgehead atoms. The average molecular weight is 462 g/mol. The van der Waals surface area contributed by atoms with E-state index in [1.54, 1.807) is 36.1 Å². The van der Waals surface area contributed by atoms with Gasteiger partial charge in [-0.15, -0.1) is 0 Å². The van der Waals surface area contributed by atoms with Gasteiger partial charge >= 0.3 is 0 Å². The molecule has 10 heteroatoms. The highest BCUT2D eigenvalue weighted by molar-refractivity contribution is 8.18. The number of likely N-dealkylation sites (tertiary alicyclic amines) is 1. The third-order valence-corrected chi connectivity index (χ3v) is 6.15. The summed E-state index contributed by atoms with van der Waals surface area (Å²) < 4.78 is 10.9. The van der Waals surface area contributed by atoms with Gasteiger partial charge in [-0.3, -0.25) is 24.1 Å². The first-order chi connectivity index (χ1) is 15.3. The highest BCUT2D eigenvalue weighted by atomic mass is 32.2. The Morgan fingerprint density at radius 2 is 1.91 bits per heavy atom. The van der Waals surface area contributed by atoms with Crippen molar-refractivity contribution in [3.8, 4) is 11.5 Å². The summed E-state index contributed by atoms with van der Waals surface area (Å²) in [6, 6.07) is 4.92. The number of ether oxygens (including phenoxy) is 2. The molecule has 0 spiro atoms. The molecule has 3 rings (SSSR count). The van der Waals surface area contributed by atoms with Crippen LogP contribution in [0.2, 0.25) is 0 Å². The lowest BCUT2D eigenvalue weighted by Gasteiger charge is -2.31. The molecule has 2 fully saturated rings. The van der Waals surface area contributed by atoms with Crippen molar-refractivity contribution >= 4 is 40.8 Å². The van der Waals surface area contributed by atoms with E-state index in [-0.39, 0.29) is 24.0 Å². The minimum Gasteiger partial charge on any atom is -0.490 e. The standard InChI is InChI=1S/C22H27N3O6S/c1-3-30-17-10-15(4-5-16(17)31-13-19(23)26)11-18-21(28)25(22(29)32-18)12-20(27)24-8-6-14(2)7-9-24/h4-5,10-11,14H,3,6-9,12-13H2,1-2H3,(H2,23,26).